The van der Waals surface area contributed by atoms with Crippen molar-refractivity contribution in [3.05, 3.63) is 59.7 Å². The third-order valence-corrected chi connectivity index (χ3v) is 3.43. The van der Waals surface area contributed by atoms with Crippen LogP contribution in [0.5, 0.6) is 11.5 Å². The average Bonchev–Trinajstić information content (AvgIpc) is 2.68. The van der Waals surface area contributed by atoms with Gasteiger partial charge >= 0.3 is 0 Å². The minimum absolute atomic E-state index is 0.174. The molecule has 7 heteroatoms. The van der Waals surface area contributed by atoms with E-state index in [-0.39, 0.29) is 12.5 Å². The summed E-state index contributed by atoms with van der Waals surface area (Å²) < 4.78 is 10.7. The van der Waals surface area contributed by atoms with Gasteiger partial charge in [0.05, 0.1) is 26.0 Å². The normalized spacial score (nSPS) is 10.4. The summed E-state index contributed by atoms with van der Waals surface area (Å²) >= 11 is 0. The highest BCUT2D eigenvalue weighted by Crippen LogP contribution is 2.12. The van der Waals surface area contributed by atoms with E-state index in [1.165, 1.54) is 6.21 Å². The van der Waals surface area contributed by atoms with Crippen molar-refractivity contribution in [3.8, 4) is 11.5 Å². The number of nitrogens with zero attached hydrogens (tertiary/aromatic N) is 1. The summed E-state index contributed by atoms with van der Waals surface area (Å²) in [6.07, 6.45) is 1.52. The maximum absolute atomic E-state index is 12.0. The van der Waals surface area contributed by atoms with Crippen molar-refractivity contribution < 1.29 is 19.1 Å². The molecule has 27 heavy (non-hydrogen) atoms. The zero-order chi connectivity index (χ0) is 19.5. The van der Waals surface area contributed by atoms with Crippen LogP contribution in [0.4, 0.5) is 0 Å². The molecule has 0 radical (unpaired) electrons. The molecule has 0 aliphatic carbocycles. The van der Waals surface area contributed by atoms with Crippen LogP contribution in [0.1, 0.15) is 29.8 Å². The molecule has 0 aliphatic rings. The molecule has 2 aromatic rings. The summed E-state index contributed by atoms with van der Waals surface area (Å²) in [5, 5.41) is 6.40. The van der Waals surface area contributed by atoms with Gasteiger partial charge < -0.3 is 14.8 Å². The minimum atomic E-state index is -0.420. The van der Waals surface area contributed by atoms with Gasteiger partial charge in [-0.15, -0.1) is 0 Å². The van der Waals surface area contributed by atoms with Crippen molar-refractivity contribution in [2.45, 2.75) is 13.8 Å². The highest BCUT2D eigenvalue weighted by Gasteiger charge is 2.07. The summed E-state index contributed by atoms with van der Waals surface area (Å²) in [5.74, 6) is 0.700. The van der Waals surface area contributed by atoms with Crippen molar-refractivity contribution in [2.75, 3.05) is 19.8 Å². The maximum atomic E-state index is 12.0. The Labute approximate surface area is 158 Å². The molecule has 0 aliphatic heterocycles. The first-order valence-electron chi connectivity index (χ1n) is 8.68. The van der Waals surface area contributed by atoms with Crippen molar-refractivity contribution in [1.82, 2.24) is 10.7 Å². The van der Waals surface area contributed by atoms with Crippen LogP contribution in [0.25, 0.3) is 0 Å². The van der Waals surface area contributed by atoms with E-state index in [1.54, 1.807) is 24.3 Å². The summed E-state index contributed by atoms with van der Waals surface area (Å²) in [5.41, 5.74) is 3.63. The molecule has 2 rings (SSSR count). The van der Waals surface area contributed by atoms with Crippen molar-refractivity contribution in [1.29, 1.82) is 0 Å². The van der Waals surface area contributed by atoms with Crippen LogP contribution in [-0.2, 0) is 4.79 Å². The van der Waals surface area contributed by atoms with E-state index < -0.39 is 5.91 Å². The van der Waals surface area contributed by atoms with E-state index in [1.807, 2.05) is 38.1 Å². The lowest BCUT2D eigenvalue weighted by Gasteiger charge is -2.06. The van der Waals surface area contributed by atoms with Gasteiger partial charge in [-0.25, -0.2) is 5.43 Å². The molecule has 0 unspecified atom stereocenters. The second-order valence-electron chi connectivity index (χ2n) is 5.44. The number of hydrazone groups is 1. The molecule has 0 bridgehead atoms. The van der Waals surface area contributed by atoms with Gasteiger partial charge in [-0.1, -0.05) is 0 Å². The molecular formula is C20H23N3O4. The summed E-state index contributed by atoms with van der Waals surface area (Å²) in [6.45, 7) is 4.79. The first-order valence-corrected chi connectivity index (χ1v) is 8.68. The third-order valence-electron chi connectivity index (χ3n) is 3.43. The predicted octanol–water partition coefficient (Wildman–Crippen LogP) is 2.36. The Hall–Kier alpha value is -3.35. The fraction of sp³-hybridized carbons (Fsp3) is 0.250. The van der Waals surface area contributed by atoms with Gasteiger partial charge in [-0.2, -0.15) is 5.10 Å². The van der Waals surface area contributed by atoms with Gasteiger partial charge in [0.2, 0.25) is 0 Å². The van der Waals surface area contributed by atoms with E-state index in [0.29, 0.717) is 24.5 Å². The standard InChI is InChI=1S/C20H23N3O4/c1-3-26-17-9-5-15(6-10-17)13-22-23-19(24)14-21-20(25)16-7-11-18(12-8-16)27-4-2/h5-13H,3-4,14H2,1-2H3,(H,21,25)(H,23,24). The molecule has 0 aromatic heterocycles. The highest BCUT2D eigenvalue weighted by molar-refractivity contribution is 5.96. The lowest BCUT2D eigenvalue weighted by atomic mass is 10.2. The Morgan fingerprint density at radius 1 is 0.926 bits per heavy atom. The summed E-state index contributed by atoms with van der Waals surface area (Å²) in [6, 6.07) is 14.0. The molecule has 0 heterocycles. The molecule has 2 N–H and O–H groups in total. The number of ether oxygens (including phenoxy) is 2. The molecule has 7 nitrogen and oxygen atoms in total. The lowest BCUT2D eigenvalue weighted by molar-refractivity contribution is -0.120. The first-order chi connectivity index (χ1) is 13.1. The van der Waals surface area contributed by atoms with Crippen LogP contribution in [0.3, 0.4) is 0 Å². The third kappa shape index (κ3) is 6.81. The van der Waals surface area contributed by atoms with Crippen LogP contribution in [0, 0.1) is 0 Å². The maximum Gasteiger partial charge on any atom is 0.259 e. The van der Waals surface area contributed by atoms with Gasteiger partial charge in [0, 0.05) is 5.56 Å². The Balaban J connectivity index is 1.75. The number of carbonyl (C=O) groups is 2. The molecule has 0 atom stereocenters. The van der Waals surface area contributed by atoms with Crippen LogP contribution in [-0.4, -0.2) is 37.8 Å². The summed E-state index contributed by atoms with van der Waals surface area (Å²) in [7, 11) is 0. The second kappa shape index (κ2) is 10.6. The Bertz CT molecular complexity index is 771. The van der Waals surface area contributed by atoms with Gasteiger partial charge in [0.25, 0.3) is 11.8 Å². The van der Waals surface area contributed by atoms with E-state index in [4.69, 9.17) is 9.47 Å². The van der Waals surface area contributed by atoms with Crippen molar-refractivity contribution >= 4 is 18.0 Å². The van der Waals surface area contributed by atoms with Crippen LogP contribution in [0.15, 0.2) is 53.6 Å². The second-order valence-corrected chi connectivity index (χ2v) is 5.44. The van der Waals surface area contributed by atoms with Crippen molar-refractivity contribution in [3.63, 3.8) is 0 Å². The Morgan fingerprint density at radius 3 is 2.04 bits per heavy atom. The molecule has 2 aromatic carbocycles. The van der Waals surface area contributed by atoms with Crippen LogP contribution in [0.2, 0.25) is 0 Å². The number of carbonyl (C=O) groups excluding carboxylic acids is 2. The smallest absolute Gasteiger partial charge is 0.259 e. The average molecular weight is 369 g/mol. The number of nitrogens with one attached hydrogen (secondary N) is 2. The van der Waals surface area contributed by atoms with Crippen molar-refractivity contribution in [2.24, 2.45) is 5.10 Å². The fourth-order valence-corrected chi connectivity index (χ4v) is 2.17. The topological polar surface area (TPSA) is 89.0 Å². The monoisotopic (exact) mass is 369 g/mol. The van der Waals surface area contributed by atoms with Crippen LogP contribution >= 0.6 is 0 Å². The quantitative estimate of drug-likeness (QED) is 0.525. The zero-order valence-corrected chi connectivity index (χ0v) is 15.4. The number of benzene rings is 2. The van der Waals surface area contributed by atoms with Gasteiger partial charge in [0.15, 0.2) is 0 Å². The molecule has 142 valence electrons. The highest BCUT2D eigenvalue weighted by atomic mass is 16.5. The van der Waals surface area contributed by atoms with Gasteiger partial charge in [-0.05, 0) is 67.9 Å². The molecular weight excluding hydrogens is 346 g/mol. The van der Waals surface area contributed by atoms with E-state index in [9.17, 15) is 9.59 Å². The van der Waals surface area contributed by atoms with Crippen LogP contribution < -0.4 is 20.2 Å². The lowest BCUT2D eigenvalue weighted by Crippen LogP contribution is -2.34. The summed E-state index contributed by atoms with van der Waals surface area (Å²) in [4.78, 5) is 23.8. The van der Waals surface area contributed by atoms with E-state index in [0.717, 1.165) is 11.3 Å². The largest absolute Gasteiger partial charge is 0.494 e. The zero-order valence-electron chi connectivity index (χ0n) is 15.4. The Morgan fingerprint density at radius 2 is 1.48 bits per heavy atom. The molecule has 0 spiro atoms. The van der Waals surface area contributed by atoms with Gasteiger partial charge in [0.1, 0.15) is 11.5 Å². The molecule has 0 saturated heterocycles. The predicted molar refractivity (Wildman–Crippen MR) is 103 cm³/mol. The Kier molecular flexibility index (Phi) is 7.84. The molecule has 0 fully saturated rings. The SMILES string of the molecule is CCOc1ccc(C=NNC(=O)CNC(=O)c2ccc(OCC)cc2)cc1. The van der Waals surface area contributed by atoms with Gasteiger partial charge in [-0.3, -0.25) is 9.59 Å². The molecule has 2 amide bonds. The minimum Gasteiger partial charge on any atom is -0.494 e. The van der Waals surface area contributed by atoms with E-state index >= 15 is 0 Å². The fourth-order valence-electron chi connectivity index (χ4n) is 2.17. The number of hydrogen-bond acceptors (Lipinski definition) is 5. The first kappa shape index (κ1) is 20.0. The number of hydrogen-bond donors (Lipinski definition) is 2. The van der Waals surface area contributed by atoms with E-state index in [2.05, 4.69) is 15.8 Å². The molecule has 0 saturated carbocycles. The number of rotatable bonds is 9. The number of amides is 2.